The first-order chi connectivity index (χ1) is 15.5. The number of methoxy groups -OCH3 is 1. The molecule has 1 fully saturated rings. The molecule has 0 radical (unpaired) electrons. The summed E-state index contributed by atoms with van der Waals surface area (Å²) in [6, 6.07) is 17.4. The summed E-state index contributed by atoms with van der Waals surface area (Å²) in [4.78, 5) is 25.5. The van der Waals surface area contributed by atoms with Crippen LogP contribution in [0.25, 0.3) is 16.8 Å². The molecule has 0 spiro atoms. The van der Waals surface area contributed by atoms with Crippen LogP contribution < -0.4 is 14.8 Å². The summed E-state index contributed by atoms with van der Waals surface area (Å²) < 4.78 is 12.2. The third kappa shape index (κ3) is 4.38. The Morgan fingerprint density at radius 2 is 1.88 bits per heavy atom. The van der Waals surface area contributed by atoms with E-state index in [2.05, 4.69) is 52.1 Å². The van der Waals surface area contributed by atoms with Gasteiger partial charge < -0.3 is 14.8 Å². The summed E-state index contributed by atoms with van der Waals surface area (Å²) in [5.74, 6) is 0.659. The molecule has 1 N–H and O–H groups in total. The zero-order valence-corrected chi connectivity index (χ0v) is 19.0. The minimum Gasteiger partial charge on any atom is -0.493 e. The number of fused-ring (bicyclic) bond motifs is 1. The second-order valence-electron chi connectivity index (χ2n) is 7.20. The molecule has 3 aromatic rings. The maximum atomic E-state index is 12.4. The fraction of sp³-hybridized carbons (Fsp3) is 0.120. The molecular formula is C25H21BrN2O4. The molecule has 0 aliphatic carbocycles. The van der Waals surface area contributed by atoms with Crippen LogP contribution in [0.3, 0.4) is 0 Å². The van der Waals surface area contributed by atoms with Crippen LogP contribution in [0.15, 0.2) is 77.4 Å². The van der Waals surface area contributed by atoms with Crippen LogP contribution in [0.2, 0.25) is 0 Å². The highest BCUT2D eigenvalue weighted by Gasteiger charge is 2.32. The van der Waals surface area contributed by atoms with Crippen molar-refractivity contribution < 1.29 is 19.1 Å². The third-order valence-electron chi connectivity index (χ3n) is 5.03. The molecule has 1 aliphatic rings. The molecule has 0 saturated carbocycles. The first kappa shape index (κ1) is 21.6. The number of halogens is 1. The number of carbonyl (C=O) groups is 2. The third-order valence-corrected chi connectivity index (χ3v) is 5.62. The maximum absolute atomic E-state index is 12.4. The summed E-state index contributed by atoms with van der Waals surface area (Å²) in [5.41, 5.74) is 1.90. The van der Waals surface area contributed by atoms with Crippen molar-refractivity contribution in [2.75, 3.05) is 13.7 Å². The van der Waals surface area contributed by atoms with Gasteiger partial charge in [-0.15, -0.1) is 6.58 Å². The number of imide groups is 1. The second kappa shape index (κ2) is 9.28. The van der Waals surface area contributed by atoms with Crippen LogP contribution in [0.1, 0.15) is 11.1 Å². The fourth-order valence-electron chi connectivity index (χ4n) is 3.48. The smallest absolute Gasteiger partial charge is 0.329 e. The van der Waals surface area contributed by atoms with Gasteiger partial charge in [0.15, 0.2) is 11.5 Å². The van der Waals surface area contributed by atoms with Crippen molar-refractivity contribution >= 4 is 44.7 Å². The van der Waals surface area contributed by atoms with Crippen LogP contribution in [-0.4, -0.2) is 30.5 Å². The molecule has 3 amide bonds. The van der Waals surface area contributed by atoms with Crippen LogP contribution in [0.4, 0.5) is 4.79 Å². The number of carbonyl (C=O) groups excluding carboxylic acids is 2. The lowest BCUT2D eigenvalue weighted by Gasteiger charge is -2.14. The normalized spacial score (nSPS) is 14.7. The molecule has 3 aromatic carbocycles. The number of rotatable bonds is 7. The van der Waals surface area contributed by atoms with E-state index in [1.54, 1.807) is 25.3 Å². The number of benzene rings is 3. The Morgan fingerprint density at radius 3 is 2.62 bits per heavy atom. The van der Waals surface area contributed by atoms with Gasteiger partial charge in [0.05, 0.1) is 11.6 Å². The average molecular weight is 493 g/mol. The molecular weight excluding hydrogens is 472 g/mol. The minimum absolute atomic E-state index is 0.149. The standard InChI is InChI=1S/C25H21BrN2O4/c1-3-10-28-24(29)21(27-25(28)30)13-17-12-20(26)23(22(14-17)31-2)32-15-16-8-9-18-6-4-5-7-19(18)11-16/h3-9,11-14H,1,10,15H2,2H3,(H,27,30)/b21-13+. The van der Waals surface area contributed by atoms with E-state index >= 15 is 0 Å². The van der Waals surface area contributed by atoms with Gasteiger partial charge in [-0.3, -0.25) is 9.69 Å². The molecule has 0 aromatic heterocycles. The first-order valence-corrected chi connectivity index (χ1v) is 10.7. The molecule has 1 saturated heterocycles. The summed E-state index contributed by atoms with van der Waals surface area (Å²) in [6.45, 7) is 4.09. The predicted molar refractivity (Wildman–Crippen MR) is 127 cm³/mol. The van der Waals surface area contributed by atoms with Crippen molar-refractivity contribution in [1.29, 1.82) is 0 Å². The number of urea groups is 1. The molecule has 4 rings (SSSR count). The topological polar surface area (TPSA) is 67.9 Å². The number of hydrogen-bond donors (Lipinski definition) is 1. The highest BCUT2D eigenvalue weighted by atomic mass is 79.9. The Hall–Kier alpha value is -3.58. The van der Waals surface area contributed by atoms with E-state index < -0.39 is 11.9 Å². The van der Waals surface area contributed by atoms with Gasteiger partial charge in [0.25, 0.3) is 5.91 Å². The van der Waals surface area contributed by atoms with Crippen LogP contribution in [0, 0.1) is 0 Å². The van der Waals surface area contributed by atoms with Crippen LogP contribution >= 0.6 is 15.9 Å². The van der Waals surface area contributed by atoms with E-state index in [4.69, 9.17) is 9.47 Å². The van der Waals surface area contributed by atoms with Crippen molar-refractivity contribution in [3.05, 3.63) is 88.5 Å². The fourth-order valence-corrected chi connectivity index (χ4v) is 4.05. The molecule has 1 heterocycles. The number of amides is 3. The van der Waals surface area contributed by atoms with Gasteiger partial charge in [0.2, 0.25) is 0 Å². The van der Waals surface area contributed by atoms with Crippen LogP contribution in [-0.2, 0) is 11.4 Å². The monoisotopic (exact) mass is 492 g/mol. The Bertz CT molecular complexity index is 1250. The van der Waals surface area contributed by atoms with Gasteiger partial charge in [-0.05, 0) is 62.1 Å². The number of hydrogen-bond acceptors (Lipinski definition) is 4. The van der Waals surface area contributed by atoms with Gasteiger partial charge in [0, 0.05) is 6.54 Å². The molecule has 1 aliphatic heterocycles. The Kier molecular flexibility index (Phi) is 6.28. The number of ether oxygens (including phenoxy) is 2. The molecule has 7 heteroatoms. The average Bonchev–Trinajstić information content (AvgIpc) is 3.05. The maximum Gasteiger partial charge on any atom is 0.329 e. The zero-order chi connectivity index (χ0) is 22.7. The van der Waals surface area contributed by atoms with Gasteiger partial charge in [-0.25, -0.2) is 4.79 Å². The van der Waals surface area contributed by atoms with Crippen molar-refractivity contribution in [2.45, 2.75) is 6.61 Å². The number of nitrogens with zero attached hydrogens (tertiary/aromatic N) is 1. The van der Waals surface area contributed by atoms with Gasteiger partial charge in [0.1, 0.15) is 12.3 Å². The Balaban J connectivity index is 1.56. The van der Waals surface area contributed by atoms with Crippen molar-refractivity contribution in [1.82, 2.24) is 10.2 Å². The SMILES string of the molecule is C=CCN1C(=O)N/C(=C/c2cc(Br)c(OCc3ccc4ccccc4c3)c(OC)c2)C1=O. The van der Waals surface area contributed by atoms with E-state index in [0.717, 1.165) is 15.8 Å². The highest BCUT2D eigenvalue weighted by molar-refractivity contribution is 9.10. The molecule has 0 bridgehead atoms. The van der Waals surface area contributed by atoms with Crippen molar-refractivity contribution in [3.63, 3.8) is 0 Å². The zero-order valence-electron chi connectivity index (χ0n) is 17.4. The van der Waals surface area contributed by atoms with Gasteiger partial charge in [-0.1, -0.05) is 42.5 Å². The van der Waals surface area contributed by atoms with E-state index in [-0.39, 0.29) is 12.2 Å². The molecule has 32 heavy (non-hydrogen) atoms. The van der Waals surface area contributed by atoms with Crippen molar-refractivity contribution in [3.8, 4) is 11.5 Å². The van der Waals surface area contributed by atoms with E-state index in [9.17, 15) is 9.59 Å². The van der Waals surface area contributed by atoms with E-state index in [0.29, 0.717) is 28.1 Å². The van der Waals surface area contributed by atoms with Crippen LogP contribution in [0.5, 0.6) is 11.5 Å². The summed E-state index contributed by atoms with van der Waals surface area (Å²) >= 11 is 3.54. The summed E-state index contributed by atoms with van der Waals surface area (Å²) in [6.07, 6.45) is 3.10. The van der Waals surface area contributed by atoms with Gasteiger partial charge in [-0.2, -0.15) is 0 Å². The second-order valence-corrected chi connectivity index (χ2v) is 8.05. The highest BCUT2D eigenvalue weighted by Crippen LogP contribution is 2.38. The Morgan fingerprint density at radius 1 is 1.09 bits per heavy atom. The lowest BCUT2D eigenvalue weighted by molar-refractivity contribution is -0.122. The van der Waals surface area contributed by atoms with E-state index in [1.165, 1.54) is 11.5 Å². The lowest BCUT2D eigenvalue weighted by Crippen LogP contribution is -2.30. The van der Waals surface area contributed by atoms with Gasteiger partial charge >= 0.3 is 6.03 Å². The van der Waals surface area contributed by atoms with Crippen molar-refractivity contribution in [2.24, 2.45) is 0 Å². The lowest BCUT2D eigenvalue weighted by atomic mass is 10.1. The molecule has 0 unspecified atom stereocenters. The summed E-state index contributed by atoms with van der Waals surface area (Å²) in [7, 11) is 1.55. The minimum atomic E-state index is -0.470. The quantitative estimate of drug-likeness (QED) is 0.277. The summed E-state index contributed by atoms with van der Waals surface area (Å²) in [5, 5.41) is 4.91. The molecule has 6 nitrogen and oxygen atoms in total. The molecule has 162 valence electrons. The first-order valence-electron chi connectivity index (χ1n) is 9.93. The largest absolute Gasteiger partial charge is 0.493 e. The molecule has 0 atom stereocenters. The number of nitrogens with one attached hydrogen (secondary N) is 1. The van der Waals surface area contributed by atoms with E-state index in [1.807, 2.05) is 18.2 Å². The Labute approximate surface area is 194 Å². The predicted octanol–water partition coefficient (Wildman–Crippen LogP) is 5.27.